The number of aromatic nitrogens is 2. The van der Waals surface area contributed by atoms with Crippen LogP contribution in [-0.4, -0.2) is 15.6 Å². The van der Waals surface area contributed by atoms with Gasteiger partial charge < -0.3 is 10.3 Å². The average molecular weight is 278 g/mol. The standard InChI is InChI=1S/C15H20ClN3/c1-10(2)14(17)8-19-9-18-7-15(19)12-5-4-11(3)13(16)6-12/h4-7,9-10,14H,8,17H2,1-3H3. The third kappa shape index (κ3) is 3.17. The van der Waals surface area contributed by atoms with E-state index in [9.17, 15) is 0 Å². The molecule has 0 aliphatic carbocycles. The summed E-state index contributed by atoms with van der Waals surface area (Å²) < 4.78 is 2.09. The molecule has 2 aromatic rings. The predicted octanol–water partition coefficient (Wildman–Crippen LogP) is 3.50. The van der Waals surface area contributed by atoms with Crippen LogP contribution in [0, 0.1) is 12.8 Å². The monoisotopic (exact) mass is 277 g/mol. The zero-order valence-corrected chi connectivity index (χ0v) is 12.4. The van der Waals surface area contributed by atoms with E-state index < -0.39 is 0 Å². The summed E-state index contributed by atoms with van der Waals surface area (Å²) in [6.45, 7) is 7.02. The van der Waals surface area contributed by atoms with E-state index in [1.54, 1.807) is 0 Å². The highest BCUT2D eigenvalue weighted by molar-refractivity contribution is 6.31. The van der Waals surface area contributed by atoms with Crippen molar-refractivity contribution < 1.29 is 0 Å². The molecule has 1 aromatic carbocycles. The molecule has 0 amide bonds. The summed E-state index contributed by atoms with van der Waals surface area (Å²) in [7, 11) is 0. The summed E-state index contributed by atoms with van der Waals surface area (Å²) in [6.07, 6.45) is 3.68. The van der Waals surface area contributed by atoms with Gasteiger partial charge in [-0.3, -0.25) is 0 Å². The molecule has 3 nitrogen and oxygen atoms in total. The molecule has 1 heterocycles. The second-order valence-corrected chi connectivity index (χ2v) is 5.71. The van der Waals surface area contributed by atoms with Gasteiger partial charge in [-0.1, -0.05) is 37.6 Å². The molecule has 0 radical (unpaired) electrons. The van der Waals surface area contributed by atoms with Crippen molar-refractivity contribution >= 4 is 11.6 Å². The molecule has 1 aromatic heterocycles. The molecule has 19 heavy (non-hydrogen) atoms. The molecular weight excluding hydrogens is 258 g/mol. The third-order valence-corrected chi connectivity index (χ3v) is 3.85. The molecule has 0 aliphatic rings. The first-order chi connectivity index (χ1) is 8.99. The van der Waals surface area contributed by atoms with E-state index >= 15 is 0 Å². The molecule has 2 rings (SSSR count). The van der Waals surface area contributed by atoms with Gasteiger partial charge in [-0.25, -0.2) is 4.98 Å². The zero-order chi connectivity index (χ0) is 14.0. The Bertz CT molecular complexity index is 560. The Balaban J connectivity index is 2.30. The highest BCUT2D eigenvalue weighted by atomic mass is 35.5. The summed E-state index contributed by atoms with van der Waals surface area (Å²) in [4.78, 5) is 4.23. The third-order valence-electron chi connectivity index (χ3n) is 3.44. The van der Waals surface area contributed by atoms with Gasteiger partial charge in [0.1, 0.15) is 0 Å². The van der Waals surface area contributed by atoms with Gasteiger partial charge in [0.05, 0.1) is 18.2 Å². The number of hydrogen-bond donors (Lipinski definition) is 1. The van der Waals surface area contributed by atoms with Crippen LogP contribution in [0.4, 0.5) is 0 Å². The van der Waals surface area contributed by atoms with E-state index in [1.807, 2.05) is 31.6 Å². The Morgan fingerprint density at radius 3 is 2.74 bits per heavy atom. The van der Waals surface area contributed by atoms with Gasteiger partial charge >= 0.3 is 0 Å². The van der Waals surface area contributed by atoms with Crippen LogP contribution in [0.1, 0.15) is 19.4 Å². The van der Waals surface area contributed by atoms with Gasteiger partial charge in [-0.15, -0.1) is 0 Å². The van der Waals surface area contributed by atoms with Crippen LogP contribution < -0.4 is 5.73 Å². The van der Waals surface area contributed by atoms with Crippen molar-refractivity contribution in [2.24, 2.45) is 11.7 Å². The van der Waals surface area contributed by atoms with E-state index in [4.69, 9.17) is 17.3 Å². The average Bonchev–Trinajstić information content (AvgIpc) is 2.80. The van der Waals surface area contributed by atoms with Crippen molar-refractivity contribution in [3.63, 3.8) is 0 Å². The number of benzene rings is 1. The van der Waals surface area contributed by atoms with Crippen LogP contribution >= 0.6 is 11.6 Å². The smallest absolute Gasteiger partial charge is 0.0951 e. The minimum Gasteiger partial charge on any atom is -0.329 e. The van der Waals surface area contributed by atoms with Gasteiger partial charge in [0.15, 0.2) is 0 Å². The summed E-state index contributed by atoms with van der Waals surface area (Å²) in [6, 6.07) is 6.19. The van der Waals surface area contributed by atoms with Crippen LogP contribution in [-0.2, 0) is 6.54 Å². The molecule has 102 valence electrons. The van der Waals surface area contributed by atoms with Crippen molar-refractivity contribution in [3.8, 4) is 11.3 Å². The minimum atomic E-state index is 0.119. The highest BCUT2D eigenvalue weighted by Gasteiger charge is 2.12. The SMILES string of the molecule is Cc1ccc(-c2cncn2CC(N)C(C)C)cc1Cl. The van der Waals surface area contributed by atoms with E-state index in [0.29, 0.717) is 5.92 Å². The molecule has 1 atom stereocenters. The fraction of sp³-hybridized carbons (Fsp3) is 0.400. The number of rotatable bonds is 4. The summed E-state index contributed by atoms with van der Waals surface area (Å²) >= 11 is 6.18. The van der Waals surface area contributed by atoms with Crippen LogP contribution in [0.3, 0.4) is 0 Å². The second-order valence-electron chi connectivity index (χ2n) is 5.30. The number of imidazole rings is 1. The minimum absolute atomic E-state index is 0.119. The molecule has 0 saturated carbocycles. The summed E-state index contributed by atoms with van der Waals surface area (Å²) in [5.74, 6) is 0.442. The predicted molar refractivity (Wildman–Crippen MR) is 80.2 cm³/mol. The molecule has 4 heteroatoms. The van der Waals surface area contributed by atoms with E-state index in [1.165, 1.54) is 0 Å². The second kappa shape index (κ2) is 5.76. The van der Waals surface area contributed by atoms with Gasteiger partial charge in [0.2, 0.25) is 0 Å². The topological polar surface area (TPSA) is 43.8 Å². The molecule has 0 fully saturated rings. The van der Waals surface area contributed by atoms with E-state index in [0.717, 1.165) is 28.4 Å². The number of halogens is 1. The van der Waals surface area contributed by atoms with Crippen molar-refractivity contribution in [3.05, 3.63) is 41.3 Å². The normalized spacial score (nSPS) is 12.9. The quantitative estimate of drug-likeness (QED) is 0.930. The Morgan fingerprint density at radius 2 is 2.11 bits per heavy atom. The molecule has 1 unspecified atom stereocenters. The molecule has 0 spiro atoms. The van der Waals surface area contributed by atoms with Crippen molar-refractivity contribution in [1.82, 2.24) is 9.55 Å². The van der Waals surface area contributed by atoms with Crippen molar-refractivity contribution in [2.45, 2.75) is 33.4 Å². The summed E-state index contributed by atoms with van der Waals surface area (Å²) in [5, 5.41) is 0.776. The Kier molecular flexibility index (Phi) is 4.27. The number of nitrogens with two attached hydrogens (primary N) is 1. The maximum absolute atomic E-state index is 6.18. The highest BCUT2D eigenvalue weighted by Crippen LogP contribution is 2.25. The lowest BCUT2D eigenvalue weighted by Gasteiger charge is -2.18. The number of nitrogens with zero attached hydrogens (tertiary/aromatic N) is 2. The van der Waals surface area contributed by atoms with Crippen molar-refractivity contribution in [2.75, 3.05) is 0 Å². The molecule has 0 aliphatic heterocycles. The lowest BCUT2D eigenvalue weighted by atomic mass is 10.1. The first-order valence-electron chi connectivity index (χ1n) is 6.51. The lowest BCUT2D eigenvalue weighted by Crippen LogP contribution is -2.31. The lowest BCUT2D eigenvalue weighted by molar-refractivity contribution is 0.435. The van der Waals surface area contributed by atoms with Crippen LogP contribution in [0.2, 0.25) is 5.02 Å². The molecule has 2 N–H and O–H groups in total. The fourth-order valence-corrected chi connectivity index (χ4v) is 2.08. The number of aryl methyl sites for hydroxylation is 1. The van der Waals surface area contributed by atoms with E-state index in [-0.39, 0.29) is 6.04 Å². The fourth-order valence-electron chi connectivity index (χ4n) is 1.90. The zero-order valence-electron chi connectivity index (χ0n) is 11.6. The number of hydrogen-bond acceptors (Lipinski definition) is 2. The van der Waals surface area contributed by atoms with E-state index in [2.05, 4.69) is 29.5 Å². The van der Waals surface area contributed by atoms with Gasteiger partial charge in [0, 0.05) is 23.2 Å². The van der Waals surface area contributed by atoms with Gasteiger partial charge in [-0.2, -0.15) is 0 Å². The van der Waals surface area contributed by atoms with Crippen LogP contribution in [0.25, 0.3) is 11.3 Å². The van der Waals surface area contributed by atoms with Crippen molar-refractivity contribution in [1.29, 1.82) is 0 Å². The molecule has 0 saturated heterocycles. The Morgan fingerprint density at radius 1 is 1.37 bits per heavy atom. The van der Waals surface area contributed by atoms with Gasteiger partial charge in [0.25, 0.3) is 0 Å². The first kappa shape index (κ1) is 14.1. The largest absolute Gasteiger partial charge is 0.329 e. The maximum atomic E-state index is 6.18. The Hall–Kier alpha value is -1.32. The molecular formula is C15H20ClN3. The van der Waals surface area contributed by atoms with Crippen LogP contribution in [0.15, 0.2) is 30.7 Å². The van der Waals surface area contributed by atoms with Crippen LogP contribution in [0.5, 0.6) is 0 Å². The first-order valence-corrected chi connectivity index (χ1v) is 6.89. The molecule has 0 bridgehead atoms. The summed E-state index contributed by atoms with van der Waals surface area (Å²) in [5.41, 5.74) is 9.34. The Labute approximate surface area is 119 Å². The maximum Gasteiger partial charge on any atom is 0.0951 e. The van der Waals surface area contributed by atoms with Gasteiger partial charge in [-0.05, 0) is 24.5 Å².